The van der Waals surface area contributed by atoms with E-state index in [0.29, 0.717) is 11.6 Å². The molecular formula is C11H14ClN3O3S. The van der Waals surface area contributed by atoms with E-state index >= 15 is 0 Å². The molecule has 1 unspecified atom stereocenters. The van der Waals surface area contributed by atoms with Crippen molar-refractivity contribution in [3.63, 3.8) is 0 Å². The first-order valence-corrected chi connectivity index (χ1v) is 7.52. The van der Waals surface area contributed by atoms with Gasteiger partial charge in [0.1, 0.15) is 6.04 Å². The fraction of sp³-hybridized carbons (Fsp3) is 0.364. The van der Waals surface area contributed by atoms with Crippen LogP contribution in [0.15, 0.2) is 29.2 Å². The monoisotopic (exact) mass is 303 g/mol. The Hall–Kier alpha value is -1.15. The van der Waals surface area contributed by atoms with Gasteiger partial charge in [0.15, 0.2) is 0 Å². The highest BCUT2D eigenvalue weighted by atomic mass is 35.5. The zero-order valence-corrected chi connectivity index (χ0v) is 11.6. The molecule has 104 valence electrons. The predicted octanol–water partition coefficient (Wildman–Crippen LogP) is -0.212. The minimum atomic E-state index is -3.74. The Labute approximate surface area is 116 Å². The number of carbonyl (C=O) groups excluding carboxylic acids is 1. The van der Waals surface area contributed by atoms with Crippen LogP contribution in [0.25, 0.3) is 0 Å². The van der Waals surface area contributed by atoms with Crippen molar-refractivity contribution in [3.05, 3.63) is 29.3 Å². The van der Waals surface area contributed by atoms with Crippen LogP contribution in [-0.4, -0.2) is 44.3 Å². The zero-order chi connectivity index (χ0) is 14.0. The van der Waals surface area contributed by atoms with Gasteiger partial charge in [0.2, 0.25) is 15.9 Å². The average Bonchev–Trinajstić information content (AvgIpc) is 2.39. The number of nitrogens with two attached hydrogens (primary N) is 1. The summed E-state index contributed by atoms with van der Waals surface area (Å²) in [7, 11) is -3.74. The molecule has 2 rings (SSSR count). The third-order valence-electron chi connectivity index (χ3n) is 2.94. The van der Waals surface area contributed by atoms with Crippen LogP contribution < -0.4 is 11.1 Å². The summed E-state index contributed by atoms with van der Waals surface area (Å²) in [5.74, 6) is -0.662. The number of piperazine rings is 1. The minimum Gasteiger partial charge on any atom is -0.368 e. The molecule has 0 spiro atoms. The predicted molar refractivity (Wildman–Crippen MR) is 71.2 cm³/mol. The summed E-state index contributed by atoms with van der Waals surface area (Å²) < 4.78 is 26.1. The lowest BCUT2D eigenvalue weighted by Gasteiger charge is -2.33. The lowest BCUT2D eigenvalue weighted by molar-refractivity contribution is -0.122. The fourth-order valence-corrected chi connectivity index (χ4v) is 3.68. The van der Waals surface area contributed by atoms with Crippen molar-refractivity contribution in [3.8, 4) is 0 Å². The highest BCUT2D eigenvalue weighted by Crippen LogP contribution is 2.21. The van der Waals surface area contributed by atoms with Crippen molar-refractivity contribution in [1.82, 2.24) is 9.62 Å². The van der Waals surface area contributed by atoms with Crippen molar-refractivity contribution in [1.29, 1.82) is 0 Å². The van der Waals surface area contributed by atoms with E-state index < -0.39 is 22.0 Å². The van der Waals surface area contributed by atoms with E-state index in [2.05, 4.69) is 5.32 Å². The summed E-state index contributed by atoms with van der Waals surface area (Å²) in [6.07, 6.45) is 0. The van der Waals surface area contributed by atoms with Crippen LogP contribution in [0.3, 0.4) is 0 Å². The van der Waals surface area contributed by atoms with Crippen molar-refractivity contribution in [2.45, 2.75) is 10.9 Å². The van der Waals surface area contributed by atoms with Crippen LogP contribution in [-0.2, 0) is 14.8 Å². The summed E-state index contributed by atoms with van der Waals surface area (Å²) in [5, 5.41) is 3.40. The maximum Gasteiger partial charge on any atom is 0.243 e. The molecule has 1 saturated heterocycles. The summed E-state index contributed by atoms with van der Waals surface area (Å²) in [4.78, 5) is 11.5. The SMILES string of the molecule is NC(=O)C1CNCCN1S(=O)(=O)c1ccc(Cl)cc1. The summed E-state index contributed by atoms with van der Waals surface area (Å²) in [6.45, 7) is 0.914. The molecular weight excluding hydrogens is 290 g/mol. The molecule has 1 atom stereocenters. The van der Waals surface area contributed by atoms with E-state index in [-0.39, 0.29) is 18.0 Å². The smallest absolute Gasteiger partial charge is 0.243 e. The number of benzene rings is 1. The summed E-state index contributed by atoms with van der Waals surface area (Å²) in [6, 6.07) is 4.95. The first-order chi connectivity index (χ1) is 8.93. The molecule has 6 nitrogen and oxygen atoms in total. The quantitative estimate of drug-likeness (QED) is 0.808. The van der Waals surface area contributed by atoms with Gasteiger partial charge in [-0.25, -0.2) is 8.42 Å². The number of nitrogens with zero attached hydrogens (tertiary/aromatic N) is 1. The highest BCUT2D eigenvalue weighted by Gasteiger charge is 2.36. The number of hydrogen-bond donors (Lipinski definition) is 2. The Kier molecular flexibility index (Phi) is 4.10. The molecule has 3 N–H and O–H groups in total. The number of hydrogen-bond acceptors (Lipinski definition) is 4. The van der Waals surface area contributed by atoms with E-state index in [1.807, 2.05) is 0 Å². The van der Waals surface area contributed by atoms with Crippen LogP contribution in [0, 0.1) is 0 Å². The molecule has 1 heterocycles. The Morgan fingerprint density at radius 1 is 1.37 bits per heavy atom. The molecule has 0 aliphatic carbocycles. The first kappa shape index (κ1) is 14.3. The van der Waals surface area contributed by atoms with Crippen molar-refractivity contribution in [2.75, 3.05) is 19.6 Å². The van der Waals surface area contributed by atoms with Gasteiger partial charge in [-0.1, -0.05) is 11.6 Å². The number of halogens is 1. The molecule has 1 aromatic rings. The van der Waals surface area contributed by atoms with Crippen LogP contribution in [0.2, 0.25) is 5.02 Å². The molecule has 8 heteroatoms. The van der Waals surface area contributed by atoms with Gasteiger partial charge < -0.3 is 11.1 Å². The van der Waals surface area contributed by atoms with Gasteiger partial charge in [-0.2, -0.15) is 4.31 Å². The normalized spacial score (nSPS) is 21.2. The van der Waals surface area contributed by atoms with Gasteiger partial charge in [-0.05, 0) is 24.3 Å². The number of amides is 1. The van der Waals surface area contributed by atoms with Crippen LogP contribution in [0.1, 0.15) is 0 Å². The van der Waals surface area contributed by atoms with Gasteiger partial charge in [0, 0.05) is 24.7 Å². The Bertz CT molecular complexity index is 573. The number of primary amides is 1. The topological polar surface area (TPSA) is 92.5 Å². The molecule has 1 aliphatic rings. The molecule has 0 saturated carbocycles. The second-order valence-corrected chi connectivity index (χ2v) is 6.52. The third kappa shape index (κ3) is 2.89. The molecule has 0 bridgehead atoms. The summed E-state index contributed by atoms with van der Waals surface area (Å²) in [5.41, 5.74) is 5.25. The minimum absolute atomic E-state index is 0.102. The largest absolute Gasteiger partial charge is 0.368 e. The van der Waals surface area contributed by atoms with E-state index in [1.165, 1.54) is 24.3 Å². The van der Waals surface area contributed by atoms with Crippen LogP contribution in [0.5, 0.6) is 0 Å². The zero-order valence-electron chi connectivity index (χ0n) is 10.0. The molecule has 1 aliphatic heterocycles. The van der Waals surface area contributed by atoms with Gasteiger partial charge in [0.05, 0.1) is 4.90 Å². The number of carbonyl (C=O) groups is 1. The fourth-order valence-electron chi connectivity index (χ4n) is 1.96. The van der Waals surface area contributed by atoms with Gasteiger partial charge in [-0.15, -0.1) is 0 Å². The Morgan fingerprint density at radius 2 is 2.00 bits per heavy atom. The van der Waals surface area contributed by atoms with Crippen molar-refractivity contribution < 1.29 is 13.2 Å². The molecule has 1 fully saturated rings. The summed E-state index contributed by atoms with van der Waals surface area (Å²) >= 11 is 5.73. The number of sulfonamides is 1. The van der Waals surface area contributed by atoms with E-state index in [0.717, 1.165) is 4.31 Å². The molecule has 1 aromatic carbocycles. The van der Waals surface area contributed by atoms with Gasteiger partial charge >= 0.3 is 0 Å². The Balaban J connectivity index is 2.37. The van der Waals surface area contributed by atoms with E-state index in [4.69, 9.17) is 17.3 Å². The molecule has 1 amide bonds. The van der Waals surface area contributed by atoms with E-state index in [9.17, 15) is 13.2 Å². The van der Waals surface area contributed by atoms with E-state index in [1.54, 1.807) is 0 Å². The highest BCUT2D eigenvalue weighted by molar-refractivity contribution is 7.89. The molecule has 0 aromatic heterocycles. The molecule has 19 heavy (non-hydrogen) atoms. The second kappa shape index (κ2) is 5.46. The van der Waals surface area contributed by atoms with Gasteiger partial charge in [-0.3, -0.25) is 4.79 Å². The lowest BCUT2D eigenvalue weighted by atomic mass is 10.2. The van der Waals surface area contributed by atoms with Crippen molar-refractivity contribution in [2.24, 2.45) is 5.73 Å². The first-order valence-electron chi connectivity index (χ1n) is 5.70. The maximum absolute atomic E-state index is 12.5. The number of nitrogens with one attached hydrogen (secondary N) is 1. The standard InChI is InChI=1S/C11H14ClN3O3S/c12-8-1-3-9(4-2-8)19(17,18)15-6-5-14-7-10(15)11(13)16/h1-4,10,14H,5-7H2,(H2,13,16). The van der Waals surface area contributed by atoms with Gasteiger partial charge in [0.25, 0.3) is 0 Å². The Morgan fingerprint density at radius 3 is 2.58 bits per heavy atom. The van der Waals surface area contributed by atoms with Crippen molar-refractivity contribution >= 4 is 27.5 Å². The maximum atomic E-state index is 12.5. The second-order valence-electron chi connectivity index (χ2n) is 4.19. The average molecular weight is 304 g/mol. The van der Waals surface area contributed by atoms with Crippen LogP contribution >= 0.6 is 11.6 Å². The third-order valence-corrected chi connectivity index (χ3v) is 5.12. The number of rotatable bonds is 3. The molecule has 0 radical (unpaired) electrons. The lowest BCUT2D eigenvalue weighted by Crippen LogP contribution is -2.58. The van der Waals surface area contributed by atoms with Crippen LogP contribution in [0.4, 0.5) is 0 Å².